The number of halogens is 1. The first kappa shape index (κ1) is 11.5. The summed E-state index contributed by atoms with van der Waals surface area (Å²) in [5.74, 6) is -0.605. The van der Waals surface area contributed by atoms with E-state index < -0.39 is 5.97 Å². The molecule has 0 radical (unpaired) electrons. The lowest BCUT2D eigenvalue weighted by atomic mass is 10.3. The highest BCUT2D eigenvalue weighted by atomic mass is 79.9. The number of para-hydroxylation sites is 1. The predicted molar refractivity (Wildman–Crippen MR) is 66.4 cm³/mol. The Kier molecular flexibility index (Phi) is 3.34. The van der Waals surface area contributed by atoms with Gasteiger partial charge in [0.15, 0.2) is 5.69 Å². The lowest BCUT2D eigenvalue weighted by Crippen LogP contribution is -2.02. The molecule has 1 aromatic heterocycles. The number of carbonyl (C=O) groups is 1. The maximum Gasteiger partial charge on any atom is 0.356 e. The van der Waals surface area contributed by atoms with Gasteiger partial charge in [0.25, 0.3) is 0 Å². The molecule has 2 rings (SSSR count). The van der Waals surface area contributed by atoms with Crippen molar-refractivity contribution in [2.75, 3.05) is 5.32 Å². The Morgan fingerprint density at radius 3 is 2.59 bits per heavy atom. The van der Waals surface area contributed by atoms with Gasteiger partial charge in [-0.25, -0.2) is 14.8 Å². The van der Waals surface area contributed by atoms with Crippen LogP contribution in [-0.4, -0.2) is 21.0 Å². The smallest absolute Gasteiger partial charge is 0.356 e. The predicted octanol–water partition coefficient (Wildman–Crippen LogP) is 2.68. The molecular weight excluding hydrogens is 286 g/mol. The molecule has 6 heteroatoms. The van der Waals surface area contributed by atoms with Crippen LogP contribution in [0.5, 0.6) is 0 Å². The molecule has 0 atom stereocenters. The highest BCUT2D eigenvalue weighted by Crippen LogP contribution is 2.23. The fourth-order valence-corrected chi connectivity index (χ4v) is 1.59. The zero-order valence-electron chi connectivity index (χ0n) is 8.59. The number of nitrogens with one attached hydrogen (secondary N) is 1. The van der Waals surface area contributed by atoms with Crippen LogP contribution in [0.3, 0.4) is 0 Å². The molecule has 0 aliphatic rings. The van der Waals surface area contributed by atoms with Crippen molar-refractivity contribution in [1.82, 2.24) is 9.97 Å². The molecule has 2 aromatic rings. The van der Waals surface area contributed by atoms with Crippen molar-refractivity contribution in [3.63, 3.8) is 0 Å². The van der Waals surface area contributed by atoms with Crippen LogP contribution in [0.15, 0.2) is 41.1 Å². The molecule has 0 spiro atoms. The monoisotopic (exact) mass is 293 g/mol. The number of carboxylic acids is 1. The van der Waals surface area contributed by atoms with E-state index >= 15 is 0 Å². The van der Waals surface area contributed by atoms with Crippen molar-refractivity contribution in [2.45, 2.75) is 0 Å². The second-order valence-corrected chi connectivity index (χ2v) is 4.05. The molecule has 2 N–H and O–H groups in total. The maximum atomic E-state index is 10.6. The molecule has 17 heavy (non-hydrogen) atoms. The molecule has 0 saturated carbocycles. The summed E-state index contributed by atoms with van der Waals surface area (Å²) >= 11 is 3.39. The number of hydrogen-bond acceptors (Lipinski definition) is 4. The Morgan fingerprint density at radius 1 is 1.24 bits per heavy atom. The summed E-state index contributed by atoms with van der Waals surface area (Å²) in [4.78, 5) is 18.3. The van der Waals surface area contributed by atoms with Gasteiger partial charge in [-0.3, -0.25) is 0 Å². The third kappa shape index (κ3) is 2.79. The number of carboxylic acid groups (broad SMARTS) is 1. The first-order valence-corrected chi connectivity index (χ1v) is 5.53. The first-order chi connectivity index (χ1) is 8.16. The summed E-state index contributed by atoms with van der Waals surface area (Å²) in [6.07, 6.45) is 2.59. The molecule has 5 nitrogen and oxygen atoms in total. The van der Waals surface area contributed by atoms with Gasteiger partial charge in [-0.2, -0.15) is 0 Å². The summed E-state index contributed by atoms with van der Waals surface area (Å²) in [7, 11) is 0. The minimum absolute atomic E-state index is 0.0809. The van der Waals surface area contributed by atoms with Gasteiger partial charge in [0.1, 0.15) is 5.82 Å². The van der Waals surface area contributed by atoms with Crippen LogP contribution < -0.4 is 5.32 Å². The molecule has 0 unspecified atom stereocenters. The lowest BCUT2D eigenvalue weighted by Gasteiger charge is -2.06. The van der Waals surface area contributed by atoms with E-state index in [4.69, 9.17) is 5.11 Å². The van der Waals surface area contributed by atoms with Crippen molar-refractivity contribution in [1.29, 1.82) is 0 Å². The van der Waals surface area contributed by atoms with E-state index in [-0.39, 0.29) is 5.69 Å². The number of benzene rings is 1. The Labute approximate surface area is 106 Å². The second kappa shape index (κ2) is 4.92. The normalized spacial score (nSPS) is 9.94. The van der Waals surface area contributed by atoms with Gasteiger partial charge in [-0.15, -0.1) is 0 Å². The van der Waals surface area contributed by atoms with Gasteiger partial charge in [0.05, 0.1) is 18.1 Å². The average Bonchev–Trinajstić information content (AvgIpc) is 2.33. The summed E-state index contributed by atoms with van der Waals surface area (Å²) in [6, 6.07) is 7.54. The molecule has 1 aromatic carbocycles. The molecule has 0 saturated heterocycles. The zero-order valence-corrected chi connectivity index (χ0v) is 10.2. The number of nitrogens with zero attached hydrogens (tertiary/aromatic N) is 2. The van der Waals surface area contributed by atoms with Gasteiger partial charge < -0.3 is 10.4 Å². The highest BCUT2D eigenvalue weighted by molar-refractivity contribution is 9.10. The molecule has 0 aliphatic heterocycles. The number of rotatable bonds is 3. The fraction of sp³-hybridized carbons (Fsp3) is 0. The van der Waals surface area contributed by atoms with E-state index in [0.717, 1.165) is 10.2 Å². The zero-order chi connectivity index (χ0) is 12.3. The van der Waals surface area contributed by atoms with Crippen molar-refractivity contribution < 1.29 is 9.90 Å². The summed E-state index contributed by atoms with van der Waals surface area (Å²) in [6.45, 7) is 0. The minimum Gasteiger partial charge on any atom is -0.476 e. The van der Waals surface area contributed by atoms with Crippen LogP contribution in [0.1, 0.15) is 10.5 Å². The van der Waals surface area contributed by atoms with Crippen molar-refractivity contribution >= 4 is 33.4 Å². The van der Waals surface area contributed by atoms with Crippen LogP contribution in [0.4, 0.5) is 11.5 Å². The third-order valence-corrected chi connectivity index (χ3v) is 2.70. The molecule has 0 bridgehead atoms. The van der Waals surface area contributed by atoms with Gasteiger partial charge in [0.2, 0.25) is 0 Å². The van der Waals surface area contributed by atoms with Gasteiger partial charge in [-0.1, -0.05) is 12.1 Å². The minimum atomic E-state index is -1.09. The Bertz CT molecular complexity index is 543. The Balaban J connectivity index is 2.20. The maximum absolute atomic E-state index is 10.6. The van der Waals surface area contributed by atoms with E-state index in [1.54, 1.807) is 0 Å². The quantitative estimate of drug-likeness (QED) is 0.910. The van der Waals surface area contributed by atoms with E-state index in [1.807, 2.05) is 24.3 Å². The molecule has 0 amide bonds. The van der Waals surface area contributed by atoms with Crippen molar-refractivity contribution in [2.24, 2.45) is 0 Å². The Morgan fingerprint density at radius 2 is 2.00 bits per heavy atom. The number of anilines is 2. The highest BCUT2D eigenvalue weighted by Gasteiger charge is 2.05. The number of aromatic nitrogens is 2. The molecular formula is C11H8BrN3O2. The largest absolute Gasteiger partial charge is 0.476 e. The first-order valence-electron chi connectivity index (χ1n) is 4.74. The van der Waals surface area contributed by atoms with Crippen LogP contribution in [0.2, 0.25) is 0 Å². The molecule has 0 aliphatic carbocycles. The molecule has 0 fully saturated rings. The van der Waals surface area contributed by atoms with Crippen LogP contribution >= 0.6 is 15.9 Å². The Hall–Kier alpha value is -1.95. The van der Waals surface area contributed by atoms with Gasteiger partial charge in [-0.05, 0) is 28.1 Å². The SMILES string of the molecule is O=C(O)c1cnc(Nc2ccccc2Br)cn1. The van der Waals surface area contributed by atoms with E-state index in [9.17, 15) is 4.79 Å². The van der Waals surface area contributed by atoms with Crippen LogP contribution in [0, 0.1) is 0 Å². The summed E-state index contributed by atoms with van der Waals surface area (Å²) < 4.78 is 0.893. The van der Waals surface area contributed by atoms with Gasteiger partial charge in [0, 0.05) is 4.47 Å². The van der Waals surface area contributed by atoms with Crippen LogP contribution in [-0.2, 0) is 0 Å². The number of aromatic carboxylic acids is 1. The van der Waals surface area contributed by atoms with Crippen molar-refractivity contribution in [3.05, 3.63) is 46.8 Å². The van der Waals surface area contributed by atoms with E-state index in [2.05, 4.69) is 31.2 Å². The lowest BCUT2D eigenvalue weighted by molar-refractivity contribution is 0.0690. The summed E-state index contributed by atoms with van der Waals surface area (Å²) in [5.41, 5.74) is 0.757. The average molecular weight is 294 g/mol. The van der Waals surface area contributed by atoms with Crippen molar-refractivity contribution in [3.8, 4) is 0 Å². The molecule has 86 valence electrons. The second-order valence-electron chi connectivity index (χ2n) is 3.20. The molecule has 1 heterocycles. The summed E-state index contributed by atoms with van der Waals surface area (Å²) in [5, 5.41) is 11.7. The number of hydrogen-bond donors (Lipinski definition) is 2. The van der Waals surface area contributed by atoms with E-state index in [1.165, 1.54) is 12.4 Å². The third-order valence-electron chi connectivity index (χ3n) is 2.01. The fourth-order valence-electron chi connectivity index (χ4n) is 1.20. The standard InChI is InChI=1S/C11H8BrN3O2/c12-7-3-1-2-4-8(7)15-10-6-13-9(5-14-10)11(16)17/h1-6H,(H,14,15)(H,16,17). The van der Waals surface area contributed by atoms with Gasteiger partial charge >= 0.3 is 5.97 Å². The van der Waals surface area contributed by atoms with Crippen LogP contribution in [0.25, 0.3) is 0 Å². The topological polar surface area (TPSA) is 75.1 Å². The van der Waals surface area contributed by atoms with E-state index in [0.29, 0.717) is 5.82 Å².